The van der Waals surface area contributed by atoms with Gasteiger partial charge in [-0.1, -0.05) is 6.08 Å². The minimum absolute atomic E-state index is 0.0633. The number of hydrogen-bond donors (Lipinski definition) is 2. The van der Waals surface area contributed by atoms with Gasteiger partial charge in [0.1, 0.15) is 6.10 Å². The van der Waals surface area contributed by atoms with Crippen molar-refractivity contribution in [3.8, 4) is 0 Å². The third-order valence-electron chi connectivity index (χ3n) is 3.47. The summed E-state index contributed by atoms with van der Waals surface area (Å²) in [7, 11) is 0. The number of allylic oxidation sites excluding steroid dienone is 1. The van der Waals surface area contributed by atoms with Crippen LogP contribution in [-0.2, 0) is 14.3 Å². The summed E-state index contributed by atoms with van der Waals surface area (Å²) in [5, 5.41) is 18.3. The van der Waals surface area contributed by atoms with E-state index in [0.29, 0.717) is 19.3 Å². The molecule has 0 amide bonds. The number of aliphatic carboxylic acids is 1. The van der Waals surface area contributed by atoms with Crippen molar-refractivity contribution in [1.29, 1.82) is 0 Å². The summed E-state index contributed by atoms with van der Waals surface area (Å²) in [6.45, 7) is 0. The summed E-state index contributed by atoms with van der Waals surface area (Å²) in [4.78, 5) is 21.8. The molecule has 0 radical (unpaired) electrons. The van der Waals surface area contributed by atoms with Crippen LogP contribution in [0.15, 0.2) is 12.2 Å². The van der Waals surface area contributed by atoms with E-state index in [1.54, 1.807) is 12.2 Å². The minimum atomic E-state index is -0.850. The molecule has 2 rings (SSSR count). The number of aliphatic hydroxyl groups excluding tert-OH is 1. The van der Waals surface area contributed by atoms with Crippen molar-refractivity contribution < 1.29 is 24.5 Å². The van der Waals surface area contributed by atoms with E-state index in [9.17, 15) is 14.7 Å². The number of esters is 1. The molecule has 1 saturated heterocycles. The van der Waals surface area contributed by atoms with Gasteiger partial charge in [-0.15, -0.1) is 0 Å². The van der Waals surface area contributed by atoms with E-state index in [4.69, 9.17) is 9.84 Å². The highest BCUT2D eigenvalue weighted by Crippen LogP contribution is 2.42. The molecule has 0 spiro atoms. The average Bonchev–Trinajstić information content (AvgIpc) is 2.77. The fraction of sp³-hybridized carbons (Fsp3) is 0.667. The molecule has 2 fully saturated rings. The zero-order valence-electron chi connectivity index (χ0n) is 9.41. The number of rotatable bonds is 4. The lowest BCUT2D eigenvalue weighted by Gasteiger charge is -2.15. The number of carbonyl (C=O) groups is 2. The summed E-state index contributed by atoms with van der Waals surface area (Å²) in [5.74, 6) is -1.42. The number of carboxylic acids is 1. The largest absolute Gasteiger partial charge is 0.481 e. The van der Waals surface area contributed by atoms with Gasteiger partial charge in [0.25, 0.3) is 0 Å². The van der Waals surface area contributed by atoms with Gasteiger partial charge in [-0.05, 0) is 25.3 Å². The number of cyclic esters (lactones) is 1. The maximum absolute atomic E-state index is 11.5. The molecule has 2 aliphatic rings. The molecule has 1 heterocycles. The molecule has 4 atom stereocenters. The Bertz CT molecular complexity index is 349. The Morgan fingerprint density at radius 3 is 2.94 bits per heavy atom. The molecule has 0 aromatic rings. The van der Waals surface area contributed by atoms with E-state index in [1.807, 2.05) is 0 Å². The summed E-state index contributed by atoms with van der Waals surface area (Å²) >= 11 is 0. The van der Waals surface area contributed by atoms with Gasteiger partial charge in [0.2, 0.25) is 0 Å². The molecule has 1 aliphatic carbocycles. The average molecular weight is 240 g/mol. The normalized spacial score (nSPS) is 36.2. The van der Waals surface area contributed by atoms with Crippen molar-refractivity contribution in [3.63, 3.8) is 0 Å². The topological polar surface area (TPSA) is 83.8 Å². The summed E-state index contributed by atoms with van der Waals surface area (Å²) in [5.41, 5.74) is 0. The van der Waals surface area contributed by atoms with Gasteiger partial charge >= 0.3 is 11.9 Å². The van der Waals surface area contributed by atoms with Gasteiger partial charge < -0.3 is 14.9 Å². The van der Waals surface area contributed by atoms with Crippen LogP contribution in [0.2, 0.25) is 0 Å². The van der Waals surface area contributed by atoms with Crippen LogP contribution in [0, 0.1) is 11.8 Å². The first-order chi connectivity index (χ1) is 8.09. The lowest BCUT2D eigenvalue weighted by Crippen LogP contribution is -2.25. The highest BCUT2D eigenvalue weighted by Gasteiger charge is 2.50. The van der Waals surface area contributed by atoms with E-state index in [0.717, 1.165) is 0 Å². The lowest BCUT2D eigenvalue weighted by atomic mass is 9.92. The number of carbonyl (C=O) groups excluding carboxylic acids is 1. The number of hydrogen-bond acceptors (Lipinski definition) is 4. The highest BCUT2D eigenvalue weighted by molar-refractivity contribution is 5.76. The summed E-state index contributed by atoms with van der Waals surface area (Å²) in [6, 6.07) is 0. The van der Waals surface area contributed by atoms with Gasteiger partial charge in [0.05, 0.1) is 12.0 Å². The lowest BCUT2D eigenvalue weighted by molar-refractivity contribution is -0.143. The van der Waals surface area contributed by atoms with Crippen LogP contribution in [-0.4, -0.2) is 34.4 Å². The predicted octanol–water partition coefficient (Wildman–Crippen LogP) is 0.720. The SMILES string of the molecule is O=C(O)CC/C=C\[C@@H]1OC(=O)[C@H]2CC[C@@H](O)[C@@H]12. The Hall–Kier alpha value is -1.36. The van der Waals surface area contributed by atoms with Crippen molar-refractivity contribution >= 4 is 11.9 Å². The molecule has 1 saturated carbocycles. The zero-order valence-corrected chi connectivity index (χ0v) is 9.41. The maximum Gasteiger partial charge on any atom is 0.310 e. The summed E-state index contributed by atoms with van der Waals surface area (Å²) < 4.78 is 5.17. The Balaban J connectivity index is 1.92. The van der Waals surface area contributed by atoms with Crippen molar-refractivity contribution in [2.24, 2.45) is 11.8 Å². The fourth-order valence-corrected chi connectivity index (χ4v) is 2.63. The molecule has 0 bridgehead atoms. The minimum Gasteiger partial charge on any atom is -0.481 e. The first-order valence-corrected chi connectivity index (χ1v) is 5.86. The van der Waals surface area contributed by atoms with E-state index < -0.39 is 18.2 Å². The molecule has 0 unspecified atom stereocenters. The van der Waals surface area contributed by atoms with Crippen molar-refractivity contribution in [3.05, 3.63) is 12.2 Å². The van der Waals surface area contributed by atoms with E-state index in [1.165, 1.54) is 0 Å². The van der Waals surface area contributed by atoms with Gasteiger partial charge in [0, 0.05) is 12.3 Å². The second-order valence-electron chi connectivity index (χ2n) is 4.59. The van der Waals surface area contributed by atoms with E-state index >= 15 is 0 Å². The fourth-order valence-electron chi connectivity index (χ4n) is 2.63. The molecule has 5 nitrogen and oxygen atoms in total. The third kappa shape index (κ3) is 2.49. The van der Waals surface area contributed by atoms with Crippen molar-refractivity contribution in [2.45, 2.75) is 37.9 Å². The molecule has 94 valence electrons. The zero-order chi connectivity index (χ0) is 12.4. The standard InChI is InChI=1S/C12H16O5/c13-8-6-5-7-11(8)9(17-12(7)16)3-1-2-4-10(14)15/h1,3,7-9,11,13H,2,4-6H2,(H,14,15)/b3-1-/t7-,8+,9-,11-/m0/s1. The number of aliphatic hydroxyl groups is 1. The molecule has 1 aliphatic heterocycles. The van der Waals surface area contributed by atoms with Crippen LogP contribution >= 0.6 is 0 Å². The van der Waals surface area contributed by atoms with Crippen LogP contribution in [0.4, 0.5) is 0 Å². The molecule has 0 aromatic heterocycles. The second-order valence-corrected chi connectivity index (χ2v) is 4.59. The predicted molar refractivity (Wildman–Crippen MR) is 58.1 cm³/mol. The monoisotopic (exact) mass is 240 g/mol. The summed E-state index contributed by atoms with van der Waals surface area (Å²) in [6.07, 6.45) is 4.34. The number of carboxylic acid groups (broad SMARTS) is 1. The highest BCUT2D eigenvalue weighted by atomic mass is 16.6. The Morgan fingerprint density at radius 2 is 2.24 bits per heavy atom. The van der Waals surface area contributed by atoms with E-state index in [-0.39, 0.29) is 24.2 Å². The van der Waals surface area contributed by atoms with Crippen LogP contribution in [0.25, 0.3) is 0 Å². The first kappa shape index (κ1) is 12.1. The Labute approximate surface area is 99.1 Å². The Morgan fingerprint density at radius 1 is 1.47 bits per heavy atom. The van der Waals surface area contributed by atoms with Gasteiger partial charge in [-0.25, -0.2) is 0 Å². The molecular weight excluding hydrogens is 224 g/mol. The molecule has 5 heteroatoms. The van der Waals surface area contributed by atoms with Crippen molar-refractivity contribution in [1.82, 2.24) is 0 Å². The van der Waals surface area contributed by atoms with Crippen LogP contribution in [0.1, 0.15) is 25.7 Å². The Kier molecular flexibility index (Phi) is 3.47. The molecular formula is C12H16O5. The van der Waals surface area contributed by atoms with Crippen LogP contribution < -0.4 is 0 Å². The van der Waals surface area contributed by atoms with Gasteiger partial charge in [-0.3, -0.25) is 9.59 Å². The van der Waals surface area contributed by atoms with E-state index in [2.05, 4.69) is 0 Å². The number of fused-ring (bicyclic) bond motifs is 1. The third-order valence-corrected chi connectivity index (χ3v) is 3.47. The van der Waals surface area contributed by atoms with Crippen molar-refractivity contribution in [2.75, 3.05) is 0 Å². The smallest absolute Gasteiger partial charge is 0.310 e. The van der Waals surface area contributed by atoms with Crippen LogP contribution in [0.5, 0.6) is 0 Å². The molecule has 0 aromatic carbocycles. The molecule has 17 heavy (non-hydrogen) atoms. The van der Waals surface area contributed by atoms with Gasteiger partial charge in [-0.2, -0.15) is 0 Å². The second kappa shape index (κ2) is 4.87. The molecule has 2 N–H and O–H groups in total. The maximum atomic E-state index is 11.5. The quantitative estimate of drug-likeness (QED) is 0.558. The number of ether oxygens (including phenoxy) is 1. The van der Waals surface area contributed by atoms with Crippen LogP contribution in [0.3, 0.4) is 0 Å². The van der Waals surface area contributed by atoms with Gasteiger partial charge in [0.15, 0.2) is 0 Å². The first-order valence-electron chi connectivity index (χ1n) is 5.86.